The van der Waals surface area contributed by atoms with E-state index in [-0.39, 0.29) is 12.1 Å². The average Bonchev–Trinajstić information content (AvgIpc) is 3.50. The summed E-state index contributed by atoms with van der Waals surface area (Å²) in [6.45, 7) is 5.81. The molecule has 3 heterocycles. The van der Waals surface area contributed by atoms with Crippen LogP contribution in [0.2, 0.25) is 5.02 Å². The van der Waals surface area contributed by atoms with Crippen LogP contribution in [0.25, 0.3) is 10.9 Å². The predicted molar refractivity (Wildman–Crippen MR) is 156 cm³/mol. The normalized spacial score (nSPS) is 17.4. The number of rotatable bonds is 9. The highest BCUT2D eigenvalue weighted by Crippen LogP contribution is 2.48. The van der Waals surface area contributed by atoms with E-state index in [1.54, 1.807) is 30.5 Å². The first-order valence-electron chi connectivity index (χ1n) is 14.3. The highest BCUT2D eigenvalue weighted by atomic mass is 35.5. The smallest absolute Gasteiger partial charge is 0.319 e. The van der Waals surface area contributed by atoms with E-state index in [0.717, 1.165) is 65.0 Å². The summed E-state index contributed by atoms with van der Waals surface area (Å²) in [4.78, 5) is 19.3. The van der Waals surface area contributed by atoms with Crippen LogP contribution in [0.1, 0.15) is 32.1 Å². The molecule has 2 fully saturated rings. The number of anilines is 1. The minimum absolute atomic E-state index is 0.217. The third kappa shape index (κ3) is 6.72. The maximum atomic E-state index is 12.4. The van der Waals surface area contributed by atoms with Crippen molar-refractivity contribution in [2.24, 2.45) is 0 Å². The van der Waals surface area contributed by atoms with Crippen LogP contribution in [0.15, 0.2) is 36.5 Å². The first kappa shape index (κ1) is 27.7. The number of halogens is 1. The summed E-state index contributed by atoms with van der Waals surface area (Å²) >= 11 is 6.52. The maximum Gasteiger partial charge on any atom is 0.319 e. The van der Waals surface area contributed by atoms with E-state index in [2.05, 4.69) is 20.5 Å². The zero-order valence-electron chi connectivity index (χ0n) is 23.0. The lowest BCUT2D eigenvalue weighted by atomic mass is 10.1. The van der Waals surface area contributed by atoms with Crippen molar-refractivity contribution in [2.75, 3.05) is 58.0 Å². The van der Waals surface area contributed by atoms with Gasteiger partial charge in [-0.2, -0.15) is 0 Å². The van der Waals surface area contributed by atoms with Gasteiger partial charge < -0.3 is 34.3 Å². The van der Waals surface area contributed by atoms with Crippen LogP contribution in [0.4, 0.5) is 10.5 Å². The number of fused-ring (bicyclic) bond motifs is 3. The second kappa shape index (κ2) is 13.0. The van der Waals surface area contributed by atoms with Gasteiger partial charge in [-0.3, -0.25) is 9.88 Å². The Kier molecular flexibility index (Phi) is 8.79. The van der Waals surface area contributed by atoms with Gasteiger partial charge in [-0.1, -0.05) is 24.4 Å². The molecule has 11 heteroatoms. The van der Waals surface area contributed by atoms with Crippen LogP contribution < -0.4 is 29.6 Å². The lowest BCUT2D eigenvalue weighted by Crippen LogP contribution is -2.37. The summed E-state index contributed by atoms with van der Waals surface area (Å²) in [5.41, 5.74) is 1.18. The van der Waals surface area contributed by atoms with Crippen LogP contribution in [0.5, 0.6) is 28.7 Å². The molecular weight excluding hydrogens is 548 g/mol. The molecule has 0 bridgehead atoms. The highest BCUT2D eigenvalue weighted by molar-refractivity contribution is 6.33. The minimum Gasteiger partial charge on any atom is -0.489 e. The number of nitrogens with one attached hydrogen (secondary N) is 2. The minimum atomic E-state index is -0.254. The molecule has 3 aliphatic rings. The molecule has 3 aromatic rings. The van der Waals surface area contributed by atoms with Crippen molar-refractivity contribution in [3.63, 3.8) is 0 Å². The third-order valence-corrected chi connectivity index (χ3v) is 7.84. The second-order valence-corrected chi connectivity index (χ2v) is 10.8. The summed E-state index contributed by atoms with van der Waals surface area (Å²) in [7, 11) is 0. The highest BCUT2D eigenvalue weighted by Gasteiger charge is 2.25. The van der Waals surface area contributed by atoms with Crippen LogP contribution in [0, 0.1) is 0 Å². The molecule has 218 valence electrons. The molecule has 1 aromatic heterocycles. The number of carbonyl (C=O) groups is 1. The summed E-state index contributed by atoms with van der Waals surface area (Å²) in [5, 5.41) is 6.91. The molecule has 2 aliphatic heterocycles. The van der Waals surface area contributed by atoms with Crippen LogP contribution in [-0.2, 0) is 4.74 Å². The van der Waals surface area contributed by atoms with Gasteiger partial charge in [-0.25, -0.2) is 4.79 Å². The standard InChI is InChI=1S/C30H35ClN4O6/c31-22-18-21(6-7-23(22)34-30(36)33-20-4-1-2-5-20)41-25-8-9-32-24-19-26(28-29(27(24)25)40-17-16-39-28)38-13-3-10-35-11-14-37-15-12-35/h6-9,18-20H,1-5,10-17H2,(H2,33,34,36). The fourth-order valence-electron chi connectivity index (χ4n) is 5.46. The summed E-state index contributed by atoms with van der Waals surface area (Å²) in [6.07, 6.45) is 6.87. The number of aromatic nitrogens is 1. The van der Waals surface area contributed by atoms with Crippen molar-refractivity contribution in [3.8, 4) is 28.7 Å². The molecule has 1 aliphatic carbocycles. The molecule has 1 saturated carbocycles. The molecule has 0 spiro atoms. The van der Waals surface area contributed by atoms with Crippen molar-refractivity contribution in [2.45, 2.75) is 38.1 Å². The Labute approximate surface area is 244 Å². The Morgan fingerprint density at radius 2 is 1.83 bits per heavy atom. The second-order valence-electron chi connectivity index (χ2n) is 10.4. The monoisotopic (exact) mass is 582 g/mol. The largest absolute Gasteiger partial charge is 0.489 e. The molecule has 0 atom stereocenters. The van der Waals surface area contributed by atoms with Crippen LogP contribution in [-0.4, -0.2) is 74.6 Å². The molecular formula is C30H35ClN4O6. The lowest BCUT2D eigenvalue weighted by Gasteiger charge is -2.26. The number of urea groups is 1. The summed E-state index contributed by atoms with van der Waals surface area (Å²) in [5.74, 6) is 2.77. The summed E-state index contributed by atoms with van der Waals surface area (Å²) in [6, 6.07) is 8.78. The third-order valence-electron chi connectivity index (χ3n) is 7.53. The van der Waals surface area contributed by atoms with Gasteiger partial charge in [0, 0.05) is 44.0 Å². The van der Waals surface area contributed by atoms with Gasteiger partial charge in [0.25, 0.3) is 0 Å². The number of morpholine rings is 1. The van der Waals surface area contributed by atoms with Crippen molar-refractivity contribution in [1.82, 2.24) is 15.2 Å². The maximum absolute atomic E-state index is 12.4. The van der Waals surface area contributed by atoms with Crippen molar-refractivity contribution < 1.29 is 28.5 Å². The topological polar surface area (TPSA) is 103 Å². The molecule has 41 heavy (non-hydrogen) atoms. The number of nitrogens with zero attached hydrogens (tertiary/aromatic N) is 2. The number of amides is 2. The average molecular weight is 583 g/mol. The zero-order chi connectivity index (χ0) is 28.0. The fourth-order valence-corrected chi connectivity index (χ4v) is 5.68. The van der Waals surface area contributed by atoms with E-state index in [1.807, 2.05) is 6.07 Å². The molecule has 10 nitrogen and oxygen atoms in total. The molecule has 1 saturated heterocycles. The van der Waals surface area contributed by atoms with Gasteiger partial charge in [-0.15, -0.1) is 0 Å². The number of pyridine rings is 1. The number of hydrogen-bond donors (Lipinski definition) is 2. The SMILES string of the molecule is O=C(Nc1ccc(Oc2ccnc3cc(OCCCN4CCOCC4)c4c(c23)OCCO4)cc1Cl)NC1CCCC1. The van der Waals surface area contributed by atoms with E-state index in [4.69, 9.17) is 35.3 Å². The van der Waals surface area contributed by atoms with Gasteiger partial charge in [0.1, 0.15) is 24.7 Å². The molecule has 2 amide bonds. The van der Waals surface area contributed by atoms with Gasteiger partial charge in [0.05, 0.1) is 41.4 Å². The Balaban J connectivity index is 1.16. The fraction of sp³-hybridized carbons (Fsp3) is 0.467. The first-order chi connectivity index (χ1) is 20.1. The van der Waals surface area contributed by atoms with E-state index < -0.39 is 0 Å². The predicted octanol–water partition coefficient (Wildman–Crippen LogP) is 5.62. The number of carbonyl (C=O) groups excluding carboxylic acids is 1. The van der Waals surface area contributed by atoms with Crippen molar-refractivity contribution >= 4 is 34.2 Å². The Morgan fingerprint density at radius 1 is 1.02 bits per heavy atom. The van der Waals surface area contributed by atoms with E-state index in [1.165, 1.54) is 0 Å². The lowest BCUT2D eigenvalue weighted by molar-refractivity contribution is 0.0357. The van der Waals surface area contributed by atoms with E-state index in [0.29, 0.717) is 70.2 Å². The van der Waals surface area contributed by atoms with Gasteiger partial charge in [0.15, 0.2) is 11.5 Å². The van der Waals surface area contributed by atoms with E-state index >= 15 is 0 Å². The Hall–Kier alpha value is -3.47. The van der Waals surface area contributed by atoms with E-state index in [9.17, 15) is 4.79 Å². The van der Waals surface area contributed by atoms with Gasteiger partial charge in [-0.05, 0) is 37.5 Å². The summed E-state index contributed by atoms with van der Waals surface area (Å²) < 4.78 is 29.9. The van der Waals surface area contributed by atoms with Gasteiger partial charge in [0.2, 0.25) is 5.75 Å². The van der Waals surface area contributed by atoms with Crippen molar-refractivity contribution in [1.29, 1.82) is 0 Å². The first-order valence-corrected chi connectivity index (χ1v) is 14.7. The quantitative estimate of drug-likeness (QED) is 0.314. The van der Waals surface area contributed by atoms with Crippen molar-refractivity contribution in [3.05, 3.63) is 41.6 Å². The van der Waals surface area contributed by atoms with Gasteiger partial charge >= 0.3 is 6.03 Å². The zero-order valence-corrected chi connectivity index (χ0v) is 23.7. The molecule has 6 rings (SSSR count). The number of ether oxygens (including phenoxy) is 5. The molecule has 0 unspecified atom stereocenters. The van der Waals surface area contributed by atoms with Crippen LogP contribution in [0.3, 0.4) is 0 Å². The number of hydrogen-bond acceptors (Lipinski definition) is 8. The molecule has 2 N–H and O–H groups in total. The molecule has 0 radical (unpaired) electrons. The van der Waals surface area contributed by atoms with Crippen LogP contribution >= 0.6 is 11.6 Å². The molecule has 2 aromatic carbocycles. The number of benzene rings is 2. The Bertz CT molecular complexity index is 1380. The Morgan fingerprint density at radius 3 is 2.63 bits per heavy atom.